The topological polar surface area (TPSA) is 155 Å². The SMILES string of the molecule is CCCCCCCC/C=C\CCCCCCCCN(CCCCCCCC(=O)OC(CCCCCCCC)CCCCCCCC)CCCCSSCCC(NC(=O)CCCN(CC(O)CCCCCCCCCC)CC(O)CCCCCCCCCC)C(=O)NCCN(C)CCO. The molecule has 0 aromatic carbocycles. The van der Waals surface area contributed by atoms with Gasteiger partial charge in [-0.2, -0.15) is 0 Å². The minimum atomic E-state index is -0.639. The molecule has 0 spiro atoms. The smallest absolute Gasteiger partial charge is 0.306 e. The Morgan fingerprint density at radius 2 is 0.776 bits per heavy atom. The number of aliphatic hydroxyl groups is 3. The van der Waals surface area contributed by atoms with Crippen LogP contribution in [0.15, 0.2) is 12.2 Å². The van der Waals surface area contributed by atoms with Crippen molar-refractivity contribution in [3.05, 3.63) is 12.2 Å². The van der Waals surface area contributed by atoms with E-state index in [1.807, 2.05) is 22.7 Å². The number of carbonyl (C=O) groups is 3. The monoisotopic (exact) mass is 1420 g/mol. The molecule has 5 N–H and O–H groups in total. The molecule has 0 aliphatic carbocycles. The molecule has 12 nitrogen and oxygen atoms in total. The number of carbonyl (C=O) groups excluding carboxylic acids is 3. The normalized spacial score (nSPS) is 12.9. The lowest BCUT2D eigenvalue weighted by Crippen LogP contribution is -2.48. The molecule has 582 valence electrons. The highest BCUT2D eigenvalue weighted by Crippen LogP contribution is 2.25. The molecule has 2 amide bonds. The molecule has 0 bridgehead atoms. The highest BCUT2D eigenvalue weighted by Gasteiger charge is 2.22. The summed E-state index contributed by atoms with van der Waals surface area (Å²) < 4.78 is 6.17. The van der Waals surface area contributed by atoms with Crippen LogP contribution in [0.1, 0.15) is 401 Å². The van der Waals surface area contributed by atoms with Gasteiger partial charge < -0.3 is 40.5 Å². The van der Waals surface area contributed by atoms with E-state index in [2.05, 4.69) is 67.2 Å². The third-order valence-electron chi connectivity index (χ3n) is 19.9. The van der Waals surface area contributed by atoms with Gasteiger partial charge in [0.2, 0.25) is 11.8 Å². The van der Waals surface area contributed by atoms with Gasteiger partial charge in [-0.3, -0.25) is 19.3 Å². The van der Waals surface area contributed by atoms with Gasteiger partial charge in [-0.05, 0) is 142 Å². The zero-order valence-corrected chi connectivity index (χ0v) is 67.5. The largest absolute Gasteiger partial charge is 0.462 e. The zero-order valence-electron chi connectivity index (χ0n) is 65.9. The number of amides is 2. The van der Waals surface area contributed by atoms with Crippen LogP contribution in [0.25, 0.3) is 0 Å². The number of hydrogen-bond donors (Lipinski definition) is 5. The Bertz CT molecular complexity index is 1640. The number of nitrogens with one attached hydrogen (secondary N) is 2. The van der Waals surface area contributed by atoms with E-state index in [9.17, 15) is 29.7 Å². The second kappa shape index (κ2) is 78.2. The van der Waals surface area contributed by atoms with Crippen molar-refractivity contribution >= 4 is 39.4 Å². The molecule has 0 aromatic heterocycles. The third kappa shape index (κ3) is 70.3. The molecule has 3 atom stereocenters. The summed E-state index contributed by atoms with van der Waals surface area (Å²) in [4.78, 5) is 47.4. The van der Waals surface area contributed by atoms with Gasteiger partial charge in [-0.1, -0.05) is 312 Å². The summed E-state index contributed by atoms with van der Waals surface area (Å²) in [6.45, 7) is 18.0. The highest BCUT2D eigenvalue weighted by atomic mass is 33.1. The van der Waals surface area contributed by atoms with Crippen LogP contribution >= 0.6 is 21.6 Å². The fraction of sp³-hybridized carbons (Fsp3) is 0.940. The van der Waals surface area contributed by atoms with Crippen molar-refractivity contribution in [2.75, 3.05) is 84.1 Å². The first-order chi connectivity index (χ1) is 48.0. The van der Waals surface area contributed by atoms with Gasteiger partial charge in [-0.15, -0.1) is 0 Å². The molecular formula is C84H167N5O7S2. The predicted molar refractivity (Wildman–Crippen MR) is 430 cm³/mol. The molecule has 3 unspecified atom stereocenters. The Kier molecular flexibility index (Phi) is 77.1. The molecule has 0 aliphatic heterocycles. The molecule has 0 fully saturated rings. The quantitative estimate of drug-likeness (QED) is 0.0170. The van der Waals surface area contributed by atoms with Crippen molar-refractivity contribution in [2.24, 2.45) is 0 Å². The number of nitrogens with zero attached hydrogens (tertiary/aromatic N) is 3. The van der Waals surface area contributed by atoms with Crippen LogP contribution in [-0.4, -0.2) is 156 Å². The van der Waals surface area contributed by atoms with Gasteiger partial charge in [0.15, 0.2) is 0 Å². The number of hydrogen-bond acceptors (Lipinski definition) is 12. The second-order valence-corrected chi connectivity index (χ2v) is 32.5. The maximum absolute atomic E-state index is 13.7. The van der Waals surface area contributed by atoms with E-state index in [4.69, 9.17) is 4.74 Å². The van der Waals surface area contributed by atoms with Crippen molar-refractivity contribution in [1.82, 2.24) is 25.3 Å². The zero-order chi connectivity index (χ0) is 71.5. The molecule has 0 radical (unpaired) electrons. The van der Waals surface area contributed by atoms with Gasteiger partial charge in [0, 0.05) is 57.1 Å². The minimum Gasteiger partial charge on any atom is -0.462 e. The summed E-state index contributed by atoms with van der Waals surface area (Å²) >= 11 is 0. The van der Waals surface area contributed by atoms with Crippen molar-refractivity contribution in [1.29, 1.82) is 0 Å². The molecule has 0 saturated heterocycles. The van der Waals surface area contributed by atoms with E-state index in [0.717, 1.165) is 95.2 Å². The van der Waals surface area contributed by atoms with E-state index in [0.29, 0.717) is 58.5 Å². The Balaban J connectivity index is 5.45. The van der Waals surface area contributed by atoms with Crippen LogP contribution in [0.2, 0.25) is 0 Å². The number of unbranched alkanes of at least 4 members (excludes halogenated alkanes) is 41. The van der Waals surface area contributed by atoms with E-state index in [1.165, 1.54) is 276 Å². The summed E-state index contributed by atoms with van der Waals surface area (Å²) in [5, 5.41) is 38.0. The van der Waals surface area contributed by atoms with Crippen molar-refractivity contribution in [3.63, 3.8) is 0 Å². The maximum atomic E-state index is 13.7. The maximum Gasteiger partial charge on any atom is 0.306 e. The molecule has 14 heteroatoms. The third-order valence-corrected chi connectivity index (χ3v) is 22.5. The van der Waals surface area contributed by atoms with Crippen molar-refractivity contribution < 1.29 is 34.4 Å². The number of esters is 1. The van der Waals surface area contributed by atoms with E-state index in [1.54, 1.807) is 10.8 Å². The van der Waals surface area contributed by atoms with E-state index in [-0.39, 0.29) is 36.9 Å². The Hall–Kier alpha value is -1.39. The number of aliphatic hydroxyl groups excluding tert-OH is 3. The average molecular weight is 1420 g/mol. The van der Waals surface area contributed by atoms with Gasteiger partial charge in [0.25, 0.3) is 0 Å². The van der Waals surface area contributed by atoms with Gasteiger partial charge in [0.05, 0.1) is 18.8 Å². The Labute approximate surface area is 616 Å². The molecular weight excluding hydrogens is 1260 g/mol. The molecule has 0 rings (SSSR count). The second-order valence-electron chi connectivity index (χ2n) is 29.8. The molecule has 0 aliphatic rings. The predicted octanol–water partition coefficient (Wildman–Crippen LogP) is 22.0. The van der Waals surface area contributed by atoms with Crippen LogP contribution in [0.4, 0.5) is 0 Å². The van der Waals surface area contributed by atoms with Crippen LogP contribution in [0.3, 0.4) is 0 Å². The lowest BCUT2D eigenvalue weighted by atomic mass is 10.0. The Morgan fingerprint density at radius 3 is 1.22 bits per heavy atom. The van der Waals surface area contributed by atoms with Gasteiger partial charge >= 0.3 is 5.97 Å². The van der Waals surface area contributed by atoms with Crippen LogP contribution in [0, 0.1) is 0 Å². The molecule has 0 saturated carbocycles. The summed E-state index contributed by atoms with van der Waals surface area (Å²) in [7, 11) is 5.60. The molecule has 98 heavy (non-hydrogen) atoms. The van der Waals surface area contributed by atoms with Gasteiger partial charge in [0.1, 0.15) is 12.1 Å². The Morgan fingerprint density at radius 1 is 0.398 bits per heavy atom. The summed E-state index contributed by atoms with van der Waals surface area (Å²) in [6, 6.07) is -0.639. The van der Waals surface area contributed by atoms with Gasteiger partial charge in [-0.25, -0.2) is 0 Å². The number of allylic oxidation sites excluding steroid dienone is 2. The van der Waals surface area contributed by atoms with Crippen molar-refractivity contribution in [2.45, 2.75) is 425 Å². The van der Waals surface area contributed by atoms with Crippen LogP contribution in [-0.2, 0) is 19.1 Å². The van der Waals surface area contributed by atoms with E-state index >= 15 is 0 Å². The lowest BCUT2D eigenvalue weighted by Gasteiger charge is -2.27. The van der Waals surface area contributed by atoms with Crippen LogP contribution in [0.5, 0.6) is 0 Å². The summed E-state index contributed by atoms with van der Waals surface area (Å²) in [6.07, 6.45) is 70.9. The van der Waals surface area contributed by atoms with Crippen molar-refractivity contribution in [3.8, 4) is 0 Å². The number of ether oxygens (including phenoxy) is 1. The first kappa shape index (κ1) is 96.6. The number of rotatable bonds is 81. The molecule has 0 aromatic rings. The minimum absolute atomic E-state index is 0.0235. The fourth-order valence-electron chi connectivity index (χ4n) is 13.5. The van der Waals surface area contributed by atoms with E-state index < -0.39 is 18.2 Å². The highest BCUT2D eigenvalue weighted by molar-refractivity contribution is 8.76. The fourth-order valence-corrected chi connectivity index (χ4v) is 15.7. The standard InChI is InChI=1S/C84H167N5O7S2/c1-7-12-17-22-27-30-31-32-33-34-35-36-37-40-47-54-67-88(68-55-48-41-46-53-64-83(94)96-80(61-51-44-25-20-15-10-4)62-52-45-26-21-16-11-5)69-56-57-74-97-98-75-65-81(84(95)85-66-71-87(6)72-73-90)86-82(93)63-58-70-89(76-78(91)59-49-42-38-28-23-18-13-8-2)77-79(92)60-50-43-39-29-24-19-14-9-3/h32-33,78-81,90-92H,7-31,34-77H2,1-6H3,(H,85,95)(H,86,93)/b33-32-. The first-order valence-electron chi connectivity index (χ1n) is 42.8. The summed E-state index contributed by atoms with van der Waals surface area (Å²) in [5.74, 6) is 1.51. The number of likely N-dealkylation sites (N-methyl/N-ethyl adjacent to an activating group) is 1. The average Bonchev–Trinajstić information content (AvgIpc) is 2.62. The summed E-state index contributed by atoms with van der Waals surface area (Å²) in [5.41, 5.74) is 0. The first-order valence-corrected chi connectivity index (χ1v) is 45.3. The lowest BCUT2D eigenvalue weighted by molar-refractivity contribution is -0.150. The molecule has 0 heterocycles. The van der Waals surface area contributed by atoms with Crippen LogP contribution < -0.4 is 10.6 Å².